The van der Waals surface area contributed by atoms with Crippen LogP contribution < -0.4 is 5.32 Å². The smallest absolute Gasteiger partial charge is 0.246 e. The Bertz CT molecular complexity index is 1030. The second-order valence-corrected chi connectivity index (χ2v) is 9.32. The Kier molecular flexibility index (Phi) is 6.23. The molecule has 0 saturated carbocycles. The average molecular weight is 438 g/mol. The van der Waals surface area contributed by atoms with Crippen LogP contribution in [0.25, 0.3) is 11.3 Å². The largest absolute Gasteiger partial charge is 0.361 e. The first-order valence-electron chi connectivity index (χ1n) is 10.6. The van der Waals surface area contributed by atoms with E-state index in [4.69, 9.17) is 4.52 Å². The van der Waals surface area contributed by atoms with Gasteiger partial charge in [-0.2, -0.15) is 0 Å². The number of nitrogens with one attached hydrogen (secondary N) is 1. The van der Waals surface area contributed by atoms with E-state index in [9.17, 15) is 9.59 Å². The van der Waals surface area contributed by atoms with Gasteiger partial charge in [0.1, 0.15) is 17.0 Å². The van der Waals surface area contributed by atoms with Crippen molar-refractivity contribution in [1.82, 2.24) is 15.4 Å². The maximum absolute atomic E-state index is 13.4. The molecule has 1 fully saturated rings. The van der Waals surface area contributed by atoms with Crippen molar-refractivity contribution in [1.29, 1.82) is 0 Å². The van der Waals surface area contributed by atoms with Gasteiger partial charge in [-0.15, -0.1) is 11.3 Å². The fourth-order valence-electron chi connectivity index (χ4n) is 4.23. The molecule has 1 aromatic carbocycles. The first kappa shape index (κ1) is 21.3. The number of rotatable bonds is 7. The van der Waals surface area contributed by atoms with E-state index in [-0.39, 0.29) is 17.9 Å². The van der Waals surface area contributed by atoms with Gasteiger partial charge in [-0.3, -0.25) is 9.59 Å². The molecule has 0 bridgehead atoms. The fraction of sp³-hybridized carbons (Fsp3) is 0.375. The molecule has 0 radical (unpaired) electrons. The molecule has 0 spiro atoms. The molecule has 1 aliphatic rings. The lowest BCUT2D eigenvalue weighted by molar-refractivity contribution is -0.145. The zero-order chi connectivity index (χ0) is 21.8. The van der Waals surface area contributed by atoms with Gasteiger partial charge in [0.2, 0.25) is 11.8 Å². The van der Waals surface area contributed by atoms with Gasteiger partial charge in [0.05, 0.1) is 6.42 Å². The number of likely N-dealkylation sites (tertiary alicyclic amines) is 1. The highest BCUT2D eigenvalue weighted by Gasteiger charge is 2.50. The van der Waals surface area contributed by atoms with E-state index >= 15 is 0 Å². The van der Waals surface area contributed by atoms with Gasteiger partial charge < -0.3 is 14.7 Å². The lowest BCUT2D eigenvalue weighted by Gasteiger charge is -2.37. The second-order valence-electron chi connectivity index (χ2n) is 8.29. The number of hydrogen-bond donors (Lipinski definition) is 1. The molecule has 31 heavy (non-hydrogen) atoms. The molecule has 1 aliphatic heterocycles. The minimum atomic E-state index is -0.966. The summed E-state index contributed by atoms with van der Waals surface area (Å²) in [6.45, 7) is 4.43. The Morgan fingerprint density at radius 1 is 1.23 bits per heavy atom. The third kappa shape index (κ3) is 4.56. The number of nitrogens with zero attached hydrogens (tertiary/aromatic N) is 2. The Hall–Kier alpha value is -2.93. The summed E-state index contributed by atoms with van der Waals surface area (Å²) in [5.74, 6) is 0.451. The molecule has 4 rings (SSSR count). The van der Waals surface area contributed by atoms with Crippen LogP contribution in [0.2, 0.25) is 0 Å². The molecule has 6 nitrogen and oxygen atoms in total. The monoisotopic (exact) mass is 437 g/mol. The van der Waals surface area contributed by atoms with Crippen LogP contribution in [0, 0.1) is 0 Å². The van der Waals surface area contributed by atoms with Gasteiger partial charge in [-0.25, -0.2) is 0 Å². The summed E-state index contributed by atoms with van der Waals surface area (Å²) < 4.78 is 5.63. The van der Waals surface area contributed by atoms with Crippen molar-refractivity contribution in [2.75, 3.05) is 6.54 Å². The van der Waals surface area contributed by atoms with Crippen LogP contribution in [-0.2, 0) is 22.4 Å². The number of carbonyl (C=O) groups excluding carboxylic acids is 2. The van der Waals surface area contributed by atoms with E-state index in [1.54, 1.807) is 16.2 Å². The zero-order valence-electron chi connectivity index (χ0n) is 17.8. The molecule has 7 heteroatoms. The van der Waals surface area contributed by atoms with Crippen LogP contribution in [0.4, 0.5) is 0 Å². The van der Waals surface area contributed by atoms with Crippen LogP contribution in [0.15, 0.2) is 58.4 Å². The maximum Gasteiger partial charge on any atom is 0.246 e. The number of thiophene rings is 1. The molecule has 2 aromatic heterocycles. The predicted molar refractivity (Wildman–Crippen MR) is 121 cm³/mol. The maximum atomic E-state index is 13.4. The summed E-state index contributed by atoms with van der Waals surface area (Å²) in [4.78, 5) is 29.4. The zero-order valence-corrected chi connectivity index (χ0v) is 18.7. The molecular formula is C24H27N3O3S. The quantitative estimate of drug-likeness (QED) is 0.604. The number of benzene rings is 1. The highest BCUT2D eigenvalue weighted by atomic mass is 32.1. The van der Waals surface area contributed by atoms with Crippen LogP contribution in [0.3, 0.4) is 0 Å². The van der Waals surface area contributed by atoms with E-state index in [1.165, 1.54) is 0 Å². The first-order valence-corrected chi connectivity index (χ1v) is 11.5. The number of hydrogen-bond acceptors (Lipinski definition) is 5. The van der Waals surface area contributed by atoms with Gasteiger partial charge in [-0.05, 0) is 38.1 Å². The Morgan fingerprint density at radius 3 is 2.74 bits per heavy atom. The van der Waals surface area contributed by atoms with Gasteiger partial charge >= 0.3 is 0 Å². The molecule has 3 heterocycles. The molecule has 0 aliphatic carbocycles. The number of amides is 2. The van der Waals surface area contributed by atoms with Crippen LogP contribution in [0.5, 0.6) is 0 Å². The SMILES string of the molecule is CC(C)NC(=O)[C@@]1(Cc2cc(-c3ccccc3)no2)CCCN1C(=O)Cc1cccs1. The Balaban J connectivity index is 1.62. The van der Waals surface area contributed by atoms with Crippen LogP contribution in [0.1, 0.15) is 37.3 Å². The minimum absolute atomic E-state index is 0.0196. The van der Waals surface area contributed by atoms with Crippen molar-refractivity contribution in [3.8, 4) is 11.3 Å². The summed E-state index contributed by atoms with van der Waals surface area (Å²) >= 11 is 1.56. The summed E-state index contributed by atoms with van der Waals surface area (Å²) in [7, 11) is 0. The normalized spacial score (nSPS) is 18.5. The van der Waals surface area contributed by atoms with Crippen molar-refractivity contribution in [3.63, 3.8) is 0 Å². The van der Waals surface area contributed by atoms with E-state index < -0.39 is 5.54 Å². The van der Waals surface area contributed by atoms with Gasteiger partial charge in [0.15, 0.2) is 0 Å². The molecule has 162 valence electrons. The van der Waals surface area contributed by atoms with Gasteiger partial charge in [0.25, 0.3) is 0 Å². The van der Waals surface area contributed by atoms with Crippen molar-refractivity contribution in [2.45, 2.75) is 51.1 Å². The first-order chi connectivity index (χ1) is 15.0. The number of aromatic nitrogens is 1. The number of carbonyl (C=O) groups is 2. The summed E-state index contributed by atoms with van der Waals surface area (Å²) in [6, 6.07) is 15.5. The third-order valence-electron chi connectivity index (χ3n) is 5.63. The standard InChI is InChI=1S/C24H27N3O3S/c1-17(2)25-23(29)24(11-7-12-27(24)22(28)15-20-10-6-13-31-20)16-19-14-21(26-30-19)18-8-4-3-5-9-18/h3-6,8-10,13-14,17H,7,11-12,15-16H2,1-2H3,(H,25,29)/t24-/m0/s1. The van der Waals surface area contributed by atoms with Gasteiger partial charge in [-0.1, -0.05) is 41.6 Å². The molecule has 2 amide bonds. The van der Waals surface area contributed by atoms with Crippen molar-refractivity contribution >= 4 is 23.2 Å². The van der Waals surface area contributed by atoms with Crippen LogP contribution in [-0.4, -0.2) is 40.0 Å². The lowest BCUT2D eigenvalue weighted by Crippen LogP contribution is -2.60. The molecule has 0 unspecified atom stereocenters. The van der Waals surface area contributed by atoms with Crippen molar-refractivity contribution < 1.29 is 14.1 Å². The fourth-order valence-corrected chi connectivity index (χ4v) is 4.92. The Morgan fingerprint density at radius 2 is 2.03 bits per heavy atom. The molecular weight excluding hydrogens is 410 g/mol. The predicted octanol–water partition coefficient (Wildman–Crippen LogP) is 4.07. The molecule has 1 N–H and O–H groups in total. The highest BCUT2D eigenvalue weighted by Crippen LogP contribution is 2.35. The summed E-state index contributed by atoms with van der Waals surface area (Å²) in [5, 5.41) is 9.20. The minimum Gasteiger partial charge on any atom is -0.361 e. The van der Waals surface area contributed by atoms with Gasteiger partial charge in [0, 0.05) is 35.5 Å². The van der Waals surface area contributed by atoms with E-state index in [2.05, 4.69) is 10.5 Å². The average Bonchev–Trinajstić information content (AvgIpc) is 3.50. The Labute approximate surface area is 186 Å². The molecule has 1 saturated heterocycles. The van der Waals surface area contributed by atoms with E-state index in [0.29, 0.717) is 31.6 Å². The van der Waals surface area contributed by atoms with Crippen molar-refractivity contribution in [3.05, 3.63) is 64.5 Å². The summed E-state index contributed by atoms with van der Waals surface area (Å²) in [6.07, 6.45) is 1.99. The lowest BCUT2D eigenvalue weighted by atomic mass is 9.88. The van der Waals surface area contributed by atoms with Crippen molar-refractivity contribution in [2.24, 2.45) is 0 Å². The second kappa shape index (κ2) is 9.06. The highest BCUT2D eigenvalue weighted by molar-refractivity contribution is 7.10. The third-order valence-corrected chi connectivity index (χ3v) is 6.51. The van der Waals surface area contributed by atoms with E-state index in [0.717, 1.165) is 22.6 Å². The summed E-state index contributed by atoms with van der Waals surface area (Å²) in [5.41, 5.74) is 0.714. The molecule has 3 aromatic rings. The molecule has 1 atom stereocenters. The van der Waals surface area contributed by atoms with Crippen LogP contribution >= 0.6 is 11.3 Å². The topological polar surface area (TPSA) is 75.4 Å². The van der Waals surface area contributed by atoms with E-state index in [1.807, 2.05) is 67.8 Å².